The number of aromatic nitrogens is 4. The number of nitrogens with two attached hydrogens (primary N) is 1. The van der Waals surface area contributed by atoms with Crippen LogP contribution in [-0.2, 0) is 4.79 Å². The van der Waals surface area contributed by atoms with Crippen LogP contribution in [-0.4, -0.2) is 36.8 Å². The summed E-state index contributed by atoms with van der Waals surface area (Å²) in [5.74, 6) is -1.24. The molecule has 0 aliphatic heterocycles. The fraction of sp³-hybridized carbons (Fsp3) is 0.280. The number of carboxylic acids is 1. The highest BCUT2D eigenvalue weighted by atomic mass is 19.1. The van der Waals surface area contributed by atoms with Gasteiger partial charge in [-0.2, -0.15) is 9.61 Å². The standard InChI is InChI=1S/C25H24FN5O2/c26-23(25(32)33)17-8-6-16(7-9-17)21-12-22(27)31-24(30-21)19(14-29-31)18-10-11-20(28-13-18)15-4-2-1-3-5-15/h1-5,10-14,16-17,23H,6-9,27H2,(H,32,33)/t16-,17+,23?. The number of pyridine rings is 1. The number of benzene rings is 1. The number of anilines is 1. The van der Waals surface area contributed by atoms with Crippen LogP contribution in [0.3, 0.4) is 0 Å². The molecule has 1 saturated carbocycles. The van der Waals surface area contributed by atoms with Crippen molar-refractivity contribution in [1.82, 2.24) is 19.6 Å². The number of alkyl halides is 1. The Labute approximate surface area is 190 Å². The SMILES string of the molecule is Nc1cc([C@H]2CC[C@@H](C(F)C(=O)O)CC2)nc2c(-c3ccc(-c4ccccc4)nc3)cnn12. The Bertz CT molecular complexity index is 1280. The first-order chi connectivity index (χ1) is 16.0. The van der Waals surface area contributed by atoms with E-state index in [-0.39, 0.29) is 5.92 Å². The van der Waals surface area contributed by atoms with Gasteiger partial charge in [-0.25, -0.2) is 14.2 Å². The number of hydrogen-bond donors (Lipinski definition) is 2. The molecule has 1 unspecified atom stereocenters. The van der Waals surface area contributed by atoms with Gasteiger partial charge in [-0.15, -0.1) is 0 Å². The van der Waals surface area contributed by atoms with E-state index < -0.39 is 18.1 Å². The predicted molar refractivity (Wildman–Crippen MR) is 123 cm³/mol. The number of halogens is 1. The van der Waals surface area contributed by atoms with Crippen LogP contribution in [0.4, 0.5) is 10.2 Å². The number of fused-ring (bicyclic) bond motifs is 1. The van der Waals surface area contributed by atoms with Gasteiger partial charge >= 0.3 is 5.97 Å². The van der Waals surface area contributed by atoms with Gasteiger partial charge in [0.25, 0.3) is 0 Å². The van der Waals surface area contributed by atoms with Crippen molar-refractivity contribution in [2.45, 2.75) is 37.8 Å². The Morgan fingerprint density at radius 3 is 2.48 bits per heavy atom. The molecule has 0 amide bonds. The summed E-state index contributed by atoms with van der Waals surface area (Å²) in [7, 11) is 0. The third-order valence-corrected chi connectivity index (χ3v) is 6.50. The van der Waals surface area contributed by atoms with Crippen LogP contribution in [0.5, 0.6) is 0 Å². The summed E-state index contributed by atoms with van der Waals surface area (Å²) in [6.07, 6.45) is 4.13. The normalized spacial score (nSPS) is 19.4. The Morgan fingerprint density at radius 2 is 1.82 bits per heavy atom. The summed E-state index contributed by atoms with van der Waals surface area (Å²) >= 11 is 0. The number of nitrogens with zero attached hydrogens (tertiary/aromatic N) is 4. The molecule has 1 aliphatic rings. The van der Waals surface area contributed by atoms with Gasteiger partial charge in [-0.05, 0) is 31.7 Å². The first-order valence-corrected chi connectivity index (χ1v) is 11.0. The minimum absolute atomic E-state index is 0.107. The Hall–Kier alpha value is -3.81. The monoisotopic (exact) mass is 445 g/mol. The number of aliphatic carboxylic acids is 1. The van der Waals surface area contributed by atoms with Crippen LogP contribution < -0.4 is 5.73 Å². The number of nitrogen functional groups attached to an aromatic ring is 1. The summed E-state index contributed by atoms with van der Waals surface area (Å²) in [6.45, 7) is 0. The molecule has 0 bridgehead atoms. The number of carboxylic acid groups (broad SMARTS) is 1. The second-order valence-corrected chi connectivity index (χ2v) is 8.55. The molecule has 3 heterocycles. The minimum Gasteiger partial charge on any atom is -0.479 e. The van der Waals surface area contributed by atoms with Crippen LogP contribution in [0.25, 0.3) is 28.0 Å². The van der Waals surface area contributed by atoms with Crippen molar-refractivity contribution in [3.63, 3.8) is 0 Å². The molecule has 0 radical (unpaired) electrons. The minimum atomic E-state index is -1.81. The second-order valence-electron chi connectivity index (χ2n) is 8.55. The highest BCUT2D eigenvalue weighted by Crippen LogP contribution is 2.38. The molecule has 3 aromatic heterocycles. The van der Waals surface area contributed by atoms with E-state index in [9.17, 15) is 9.18 Å². The predicted octanol–water partition coefficient (Wildman–Crippen LogP) is 4.74. The summed E-state index contributed by atoms with van der Waals surface area (Å²) in [6, 6.07) is 15.7. The molecule has 33 heavy (non-hydrogen) atoms. The number of rotatable bonds is 5. The topological polar surface area (TPSA) is 106 Å². The maximum atomic E-state index is 13.9. The molecular formula is C25H24FN5O2. The van der Waals surface area contributed by atoms with Gasteiger partial charge in [0.1, 0.15) is 5.82 Å². The zero-order chi connectivity index (χ0) is 22.9. The smallest absolute Gasteiger partial charge is 0.338 e. The molecule has 1 atom stereocenters. The highest BCUT2D eigenvalue weighted by Gasteiger charge is 2.33. The largest absolute Gasteiger partial charge is 0.479 e. The van der Waals surface area contributed by atoms with E-state index in [1.165, 1.54) is 0 Å². The van der Waals surface area contributed by atoms with Gasteiger partial charge in [-0.3, -0.25) is 4.98 Å². The van der Waals surface area contributed by atoms with Gasteiger partial charge in [-0.1, -0.05) is 36.4 Å². The summed E-state index contributed by atoms with van der Waals surface area (Å²) in [5, 5.41) is 13.4. The molecule has 1 aromatic carbocycles. The van der Waals surface area contributed by atoms with Gasteiger partial charge in [0.15, 0.2) is 11.8 Å². The highest BCUT2D eigenvalue weighted by molar-refractivity contribution is 5.78. The quantitative estimate of drug-likeness (QED) is 0.460. The molecular weight excluding hydrogens is 421 g/mol. The van der Waals surface area contributed by atoms with Crippen molar-refractivity contribution in [2.75, 3.05) is 5.73 Å². The molecule has 0 saturated heterocycles. The fourth-order valence-corrected chi connectivity index (χ4v) is 4.66. The molecule has 4 aromatic rings. The molecule has 5 rings (SSSR count). The first kappa shape index (κ1) is 21.1. The average Bonchev–Trinajstić information content (AvgIpc) is 3.29. The average molecular weight is 445 g/mol. The second kappa shape index (κ2) is 8.61. The Kier molecular flexibility index (Phi) is 5.50. The lowest BCUT2D eigenvalue weighted by Gasteiger charge is -2.28. The lowest BCUT2D eigenvalue weighted by atomic mass is 9.78. The molecule has 0 spiro atoms. The molecule has 3 N–H and O–H groups in total. The van der Waals surface area contributed by atoms with Gasteiger partial charge in [0, 0.05) is 46.5 Å². The van der Waals surface area contributed by atoms with E-state index in [2.05, 4.69) is 10.1 Å². The van der Waals surface area contributed by atoms with E-state index in [0.29, 0.717) is 37.1 Å². The van der Waals surface area contributed by atoms with Crippen LogP contribution in [0.2, 0.25) is 0 Å². The maximum absolute atomic E-state index is 13.9. The summed E-state index contributed by atoms with van der Waals surface area (Å²) in [5.41, 5.74) is 11.4. The summed E-state index contributed by atoms with van der Waals surface area (Å²) < 4.78 is 15.5. The fourth-order valence-electron chi connectivity index (χ4n) is 4.66. The molecule has 8 heteroatoms. The first-order valence-electron chi connectivity index (χ1n) is 11.0. The third kappa shape index (κ3) is 4.04. The van der Waals surface area contributed by atoms with Crippen LogP contribution in [0.15, 0.2) is 60.9 Å². The van der Waals surface area contributed by atoms with E-state index in [4.69, 9.17) is 15.8 Å². The lowest BCUT2D eigenvalue weighted by molar-refractivity contribution is -0.145. The zero-order valence-electron chi connectivity index (χ0n) is 17.9. The summed E-state index contributed by atoms with van der Waals surface area (Å²) in [4.78, 5) is 20.4. The molecule has 7 nitrogen and oxygen atoms in total. The Morgan fingerprint density at radius 1 is 1.06 bits per heavy atom. The zero-order valence-corrected chi connectivity index (χ0v) is 17.9. The van der Waals surface area contributed by atoms with E-state index in [0.717, 1.165) is 28.1 Å². The van der Waals surface area contributed by atoms with Crippen molar-refractivity contribution in [1.29, 1.82) is 0 Å². The lowest BCUT2D eigenvalue weighted by Crippen LogP contribution is -2.28. The van der Waals surface area contributed by atoms with Crippen molar-refractivity contribution in [3.05, 3.63) is 66.6 Å². The molecule has 1 aliphatic carbocycles. The van der Waals surface area contributed by atoms with Gasteiger partial charge in [0.2, 0.25) is 0 Å². The van der Waals surface area contributed by atoms with Crippen molar-refractivity contribution in [3.8, 4) is 22.4 Å². The van der Waals surface area contributed by atoms with Crippen molar-refractivity contribution in [2.24, 2.45) is 5.92 Å². The van der Waals surface area contributed by atoms with Crippen LogP contribution in [0.1, 0.15) is 37.3 Å². The van der Waals surface area contributed by atoms with Crippen LogP contribution >= 0.6 is 0 Å². The van der Waals surface area contributed by atoms with Crippen molar-refractivity contribution >= 4 is 17.4 Å². The van der Waals surface area contributed by atoms with E-state index >= 15 is 0 Å². The van der Waals surface area contributed by atoms with Crippen LogP contribution in [0, 0.1) is 5.92 Å². The molecule has 168 valence electrons. The number of carbonyl (C=O) groups is 1. The molecule has 1 fully saturated rings. The van der Waals surface area contributed by atoms with E-state index in [1.54, 1.807) is 10.7 Å². The Balaban J connectivity index is 1.42. The number of hydrogen-bond acceptors (Lipinski definition) is 5. The van der Waals surface area contributed by atoms with Gasteiger partial charge in [0.05, 0.1) is 11.9 Å². The maximum Gasteiger partial charge on any atom is 0.338 e. The third-order valence-electron chi connectivity index (χ3n) is 6.50. The van der Waals surface area contributed by atoms with E-state index in [1.807, 2.05) is 54.7 Å². The van der Waals surface area contributed by atoms with Gasteiger partial charge < -0.3 is 10.8 Å². The van der Waals surface area contributed by atoms with Crippen molar-refractivity contribution < 1.29 is 14.3 Å².